The Morgan fingerprint density at radius 2 is 2.24 bits per heavy atom. The van der Waals surface area contributed by atoms with Crippen LogP contribution in [0.2, 0.25) is 0 Å². The van der Waals surface area contributed by atoms with E-state index in [1.807, 2.05) is 11.1 Å². The van der Waals surface area contributed by atoms with E-state index in [1.165, 1.54) is 12.8 Å². The quantitative estimate of drug-likeness (QED) is 0.829. The van der Waals surface area contributed by atoms with Crippen molar-refractivity contribution in [1.29, 1.82) is 0 Å². The molecule has 0 radical (unpaired) electrons. The fourth-order valence-electron chi connectivity index (χ4n) is 3.32. The fraction of sp³-hybridized carbons (Fsp3) is 0.750. The molecule has 5 heteroatoms. The molecule has 1 atom stereocenters. The number of carbonyl (C=O) groups excluding carboxylic acids is 1. The number of carbonyl (C=O) groups is 1. The zero-order valence-corrected chi connectivity index (χ0v) is 13.2. The van der Waals surface area contributed by atoms with Gasteiger partial charge in [0.15, 0.2) is 0 Å². The molecule has 2 heterocycles. The molecule has 1 aliphatic carbocycles. The molecule has 0 spiro atoms. The minimum Gasteiger partial charge on any atom is -0.340 e. The van der Waals surface area contributed by atoms with Gasteiger partial charge in [0.1, 0.15) is 5.82 Å². The van der Waals surface area contributed by atoms with Crippen molar-refractivity contribution in [2.75, 3.05) is 26.7 Å². The van der Waals surface area contributed by atoms with E-state index >= 15 is 0 Å². The predicted molar refractivity (Wildman–Crippen MR) is 82.1 cm³/mol. The first-order valence-electron chi connectivity index (χ1n) is 8.18. The molecule has 116 valence electrons. The van der Waals surface area contributed by atoms with Crippen molar-refractivity contribution < 1.29 is 4.79 Å². The van der Waals surface area contributed by atoms with Crippen molar-refractivity contribution in [2.24, 2.45) is 0 Å². The second-order valence-electron chi connectivity index (χ2n) is 6.39. The number of hydrogen-bond donors (Lipinski definition) is 0. The molecule has 5 nitrogen and oxygen atoms in total. The number of nitrogens with zero attached hydrogens (tertiary/aromatic N) is 4. The smallest absolute Gasteiger partial charge is 0.236 e. The lowest BCUT2D eigenvalue weighted by molar-refractivity contribution is -0.133. The summed E-state index contributed by atoms with van der Waals surface area (Å²) in [6.07, 6.45) is 9.62. The van der Waals surface area contributed by atoms with Gasteiger partial charge in [-0.25, -0.2) is 4.98 Å². The zero-order valence-electron chi connectivity index (χ0n) is 13.2. The highest BCUT2D eigenvalue weighted by Crippen LogP contribution is 2.26. The van der Waals surface area contributed by atoms with E-state index < -0.39 is 0 Å². The van der Waals surface area contributed by atoms with E-state index in [2.05, 4.69) is 34.6 Å². The highest BCUT2D eigenvalue weighted by Gasteiger charge is 2.30. The van der Waals surface area contributed by atoms with Crippen molar-refractivity contribution >= 4 is 5.91 Å². The van der Waals surface area contributed by atoms with Crippen molar-refractivity contribution in [3.8, 4) is 0 Å². The topological polar surface area (TPSA) is 41.4 Å². The Balaban J connectivity index is 1.61. The number of likely N-dealkylation sites (tertiary alicyclic amines) is 1. The minimum atomic E-state index is 0.285. The first kappa shape index (κ1) is 14.6. The number of imidazole rings is 1. The Bertz CT molecular complexity index is 494. The van der Waals surface area contributed by atoms with Gasteiger partial charge in [-0.3, -0.25) is 9.69 Å². The monoisotopic (exact) mass is 290 g/mol. The molecule has 3 rings (SSSR count). The maximum absolute atomic E-state index is 12.5. The van der Waals surface area contributed by atoms with E-state index in [0.717, 1.165) is 38.2 Å². The van der Waals surface area contributed by atoms with Gasteiger partial charge in [0.25, 0.3) is 0 Å². The zero-order chi connectivity index (χ0) is 14.8. The van der Waals surface area contributed by atoms with Crippen LogP contribution < -0.4 is 0 Å². The van der Waals surface area contributed by atoms with Crippen LogP contribution in [0.3, 0.4) is 0 Å². The molecule has 0 N–H and O–H groups in total. The van der Waals surface area contributed by atoms with Gasteiger partial charge in [-0.05, 0) is 32.7 Å². The van der Waals surface area contributed by atoms with E-state index in [-0.39, 0.29) is 5.91 Å². The van der Waals surface area contributed by atoms with Gasteiger partial charge in [0.2, 0.25) is 5.91 Å². The predicted octanol–water partition coefficient (Wildman–Crippen LogP) is 1.70. The summed E-state index contributed by atoms with van der Waals surface area (Å²) in [5, 5.41) is 0. The molecular weight excluding hydrogens is 264 g/mol. The summed E-state index contributed by atoms with van der Waals surface area (Å²) < 4.78 is 2.27. The lowest BCUT2D eigenvalue weighted by atomic mass is 10.1. The number of hydrogen-bond acceptors (Lipinski definition) is 3. The average molecular weight is 290 g/mol. The molecule has 21 heavy (non-hydrogen) atoms. The third kappa shape index (κ3) is 3.28. The summed E-state index contributed by atoms with van der Waals surface area (Å²) >= 11 is 0. The van der Waals surface area contributed by atoms with Crippen LogP contribution in [0, 0.1) is 0 Å². The number of likely N-dealkylation sites (N-methyl/N-ethyl adjacent to an activating group) is 1. The van der Waals surface area contributed by atoms with Gasteiger partial charge >= 0.3 is 0 Å². The number of piperidine rings is 1. The molecule has 1 saturated carbocycles. The van der Waals surface area contributed by atoms with Crippen LogP contribution in [0.15, 0.2) is 12.4 Å². The van der Waals surface area contributed by atoms with Gasteiger partial charge in [-0.2, -0.15) is 0 Å². The maximum Gasteiger partial charge on any atom is 0.236 e. The highest BCUT2D eigenvalue weighted by atomic mass is 16.2. The van der Waals surface area contributed by atoms with Crippen molar-refractivity contribution in [3.05, 3.63) is 18.2 Å². The van der Waals surface area contributed by atoms with Crippen LogP contribution in [-0.2, 0) is 11.2 Å². The van der Waals surface area contributed by atoms with Gasteiger partial charge in [0.05, 0.1) is 12.6 Å². The summed E-state index contributed by atoms with van der Waals surface area (Å²) in [4.78, 5) is 21.1. The van der Waals surface area contributed by atoms with Crippen LogP contribution in [0.25, 0.3) is 0 Å². The largest absolute Gasteiger partial charge is 0.340 e. The summed E-state index contributed by atoms with van der Waals surface area (Å²) in [5.74, 6) is 1.41. The molecular formula is C16H26N4O. The standard InChI is InChI=1S/C16H26N4O/c1-3-15-17-8-10-20(15)14-5-4-9-19(11-14)16(21)12-18(2)13-6-7-13/h8,10,13-14H,3-7,9,11-12H2,1-2H3/t14-/m1/s1. The van der Waals surface area contributed by atoms with E-state index in [1.54, 1.807) is 0 Å². The summed E-state index contributed by atoms with van der Waals surface area (Å²) in [6, 6.07) is 1.04. The maximum atomic E-state index is 12.5. The molecule has 1 aromatic rings. The molecule has 2 aliphatic rings. The van der Waals surface area contributed by atoms with Crippen LogP contribution in [0.1, 0.15) is 44.5 Å². The van der Waals surface area contributed by atoms with Crippen LogP contribution in [0.4, 0.5) is 0 Å². The highest BCUT2D eigenvalue weighted by molar-refractivity contribution is 5.78. The Hall–Kier alpha value is -1.36. The molecule has 2 fully saturated rings. The molecule has 0 bridgehead atoms. The summed E-state index contributed by atoms with van der Waals surface area (Å²) in [7, 11) is 2.07. The molecule has 1 aliphatic heterocycles. The van der Waals surface area contributed by atoms with Gasteiger partial charge < -0.3 is 9.47 Å². The number of rotatable bonds is 5. The van der Waals surface area contributed by atoms with Crippen LogP contribution in [-0.4, -0.2) is 58.0 Å². The SMILES string of the molecule is CCc1nccn1[C@@H]1CCCN(C(=O)CN(C)C2CC2)C1. The van der Waals surface area contributed by atoms with Gasteiger partial charge in [-0.1, -0.05) is 6.92 Å². The lowest BCUT2D eigenvalue weighted by Gasteiger charge is -2.35. The second-order valence-corrected chi connectivity index (χ2v) is 6.39. The Kier molecular flexibility index (Phi) is 4.29. The van der Waals surface area contributed by atoms with Crippen LogP contribution >= 0.6 is 0 Å². The third-order valence-corrected chi connectivity index (χ3v) is 4.76. The Morgan fingerprint density at radius 1 is 1.43 bits per heavy atom. The summed E-state index contributed by atoms with van der Waals surface area (Å²) in [6.45, 7) is 4.45. The van der Waals surface area contributed by atoms with Crippen molar-refractivity contribution in [2.45, 2.75) is 51.1 Å². The normalized spacial score (nSPS) is 22.8. The van der Waals surface area contributed by atoms with Crippen LogP contribution in [0.5, 0.6) is 0 Å². The Morgan fingerprint density at radius 3 is 2.95 bits per heavy atom. The number of aromatic nitrogens is 2. The number of aryl methyl sites for hydroxylation is 1. The first-order chi connectivity index (χ1) is 10.2. The summed E-state index contributed by atoms with van der Waals surface area (Å²) in [5.41, 5.74) is 0. The Labute approximate surface area is 126 Å². The van der Waals surface area contributed by atoms with E-state index in [9.17, 15) is 4.79 Å². The third-order valence-electron chi connectivity index (χ3n) is 4.76. The average Bonchev–Trinajstić information content (AvgIpc) is 3.25. The molecule has 1 amide bonds. The van der Waals surface area contributed by atoms with E-state index in [0.29, 0.717) is 18.6 Å². The van der Waals surface area contributed by atoms with Crippen molar-refractivity contribution in [1.82, 2.24) is 19.4 Å². The van der Waals surface area contributed by atoms with Crippen molar-refractivity contribution in [3.63, 3.8) is 0 Å². The van der Waals surface area contributed by atoms with Gasteiger partial charge in [0, 0.05) is 37.9 Å². The van der Waals surface area contributed by atoms with Gasteiger partial charge in [-0.15, -0.1) is 0 Å². The second kappa shape index (κ2) is 6.18. The lowest BCUT2D eigenvalue weighted by Crippen LogP contribution is -2.45. The molecule has 0 aromatic carbocycles. The molecule has 1 aromatic heterocycles. The fourth-order valence-corrected chi connectivity index (χ4v) is 3.32. The molecule has 1 saturated heterocycles. The minimum absolute atomic E-state index is 0.285. The number of amides is 1. The molecule has 0 unspecified atom stereocenters. The first-order valence-corrected chi connectivity index (χ1v) is 8.18. The van der Waals surface area contributed by atoms with E-state index in [4.69, 9.17) is 0 Å².